The molecule has 1 atom stereocenters. The van der Waals surface area contributed by atoms with Crippen molar-refractivity contribution in [2.75, 3.05) is 0 Å². The Morgan fingerprint density at radius 3 is 2.65 bits per heavy atom. The SMILES string of the molecule is Cc1cc2c(cc1Cl)C(=O)[C@H]([N+](=O)[O-])C(=O)O2. The highest BCUT2D eigenvalue weighted by atomic mass is 35.5. The highest BCUT2D eigenvalue weighted by Gasteiger charge is 2.46. The van der Waals surface area contributed by atoms with Crippen LogP contribution < -0.4 is 4.74 Å². The van der Waals surface area contributed by atoms with Crippen LogP contribution in [0.25, 0.3) is 0 Å². The van der Waals surface area contributed by atoms with Crippen LogP contribution in [0.4, 0.5) is 0 Å². The zero-order valence-electron chi connectivity index (χ0n) is 8.60. The molecule has 0 aromatic heterocycles. The van der Waals surface area contributed by atoms with Crippen LogP contribution in [0.2, 0.25) is 5.02 Å². The van der Waals surface area contributed by atoms with Crippen molar-refractivity contribution in [3.8, 4) is 5.75 Å². The molecule has 0 saturated heterocycles. The van der Waals surface area contributed by atoms with Crippen LogP contribution in [0, 0.1) is 17.0 Å². The van der Waals surface area contributed by atoms with E-state index in [-0.39, 0.29) is 16.3 Å². The molecule has 1 aromatic carbocycles. The van der Waals surface area contributed by atoms with E-state index in [0.717, 1.165) is 0 Å². The number of hydrogen-bond acceptors (Lipinski definition) is 5. The minimum absolute atomic E-state index is 0.0139. The molecule has 1 heterocycles. The summed E-state index contributed by atoms with van der Waals surface area (Å²) in [5.74, 6) is -2.06. The molecule has 0 amide bonds. The first-order valence-electron chi connectivity index (χ1n) is 4.61. The normalized spacial score (nSPS) is 18.6. The van der Waals surface area contributed by atoms with Gasteiger partial charge < -0.3 is 4.74 Å². The molecule has 1 aromatic rings. The quantitative estimate of drug-likeness (QED) is 0.249. The lowest BCUT2D eigenvalue weighted by atomic mass is 9.99. The fourth-order valence-corrected chi connectivity index (χ4v) is 1.70. The number of nitrogens with zero attached hydrogens (tertiary/aromatic N) is 1. The maximum Gasteiger partial charge on any atom is 0.395 e. The Kier molecular flexibility index (Phi) is 2.59. The molecule has 1 aliphatic heterocycles. The molecule has 0 fully saturated rings. The van der Waals surface area contributed by atoms with Crippen molar-refractivity contribution < 1.29 is 19.2 Å². The Hall–Kier alpha value is -1.95. The molecule has 2 rings (SSSR count). The number of hydrogen-bond donors (Lipinski definition) is 0. The molecule has 7 heteroatoms. The average Bonchev–Trinajstić information content (AvgIpc) is 2.21. The number of carbonyl (C=O) groups is 2. The smallest absolute Gasteiger partial charge is 0.395 e. The van der Waals surface area contributed by atoms with Crippen LogP contribution in [-0.4, -0.2) is 22.7 Å². The summed E-state index contributed by atoms with van der Waals surface area (Å²) in [6, 6.07) is 0.683. The first-order chi connectivity index (χ1) is 7.91. The van der Waals surface area contributed by atoms with Gasteiger partial charge in [0.15, 0.2) is 0 Å². The van der Waals surface area contributed by atoms with E-state index in [1.54, 1.807) is 6.92 Å². The number of ketones is 1. The average molecular weight is 256 g/mol. The Morgan fingerprint density at radius 2 is 2.06 bits per heavy atom. The van der Waals surface area contributed by atoms with E-state index < -0.39 is 22.7 Å². The van der Waals surface area contributed by atoms with Gasteiger partial charge in [-0.2, -0.15) is 0 Å². The van der Waals surface area contributed by atoms with E-state index in [9.17, 15) is 19.7 Å². The fraction of sp³-hybridized carbons (Fsp3) is 0.200. The minimum atomic E-state index is -2.00. The number of rotatable bonds is 1. The van der Waals surface area contributed by atoms with Gasteiger partial charge in [0, 0.05) is 9.95 Å². The third kappa shape index (κ3) is 1.76. The molecule has 88 valence electrons. The lowest BCUT2D eigenvalue weighted by molar-refractivity contribution is -0.493. The number of benzene rings is 1. The van der Waals surface area contributed by atoms with Gasteiger partial charge in [0.1, 0.15) is 5.75 Å². The summed E-state index contributed by atoms with van der Waals surface area (Å²) in [6.45, 7) is 1.67. The Labute approximate surface area is 100 Å². The zero-order valence-corrected chi connectivity index (χ0v) is 9.35. The first-order valence-corrected chi connectivity index (χ1v) is 4.99. The lowest BCUT2D eigenvalue weighted by Crippen LogP contribution is -2.43. The Bertz CT molecular complexity index is 554. The van der Waals surface area contributed by atoms with E-state index in [1.807, 2.05) is 0 Å². The zero-order chi connectivity index (χ0) is 12.7. The van der Waals surface area contributed by atoms with Crippen molar-refractivity contribution in [2.24, 2.45) is 0 Å². The van der Waals surface area contributed by atoms with Crippen LogP contribution in [0.15, 0.2) is 12.1 Å². The molecule has 0 N–H and O–H groups in total. The second kappa shape index (κ2) is 3.81. The summed E-state index contributed by atoms with van der Waals surface area (Å²) >= 11 is 5.81. The van der Waals surface area contributed by atoms with Crippen LogP contribution >= 0.6 is 11.6 Å². The summed E-state index contributed by atoms with van der Waals surface area (Å²) in [4.78, 5) is 32.6. The molecule has 17 heavy (non-hydrogen) atoms. The number of Topliss-reactive ketones (excluding diaryl/α,β-unsaturated/α-hetero) is 1. The van der Waals surface area contributed by atoms with Gasteiger partial charge in [-0.05, 0) is 24.6 Å². The van der Waals surface area contributed by atoms with Crippen LogP contribution in [0.3, 0.4) is 0 Å². The maximum absolute atomic E-state index is 11.7. The van der Waals surface area contributed by atoms with Gasteiger partial charge in [0.2, 0.25) is 0 Å². The summed E-state index contributed by atoms with van der Waals surface area (Å²) in [7, 11) is 0. The van der Waals surface area contributed by atoms with Crippen LogP contribution in [-0.2, 0) is 4.79 Å². The molecule has 0 spiro atoms. The monoisotopic (exact) mass is 255 g/mol. The highest BCUT2D eigenvalue weighted by Crippen LogP contribution is 2.31. The summed E-state index contributed by atoms with van der Waals surface area (Å²) < 4.78 is 4.75. The molecular formula is C10H6ClNO5. The van der Waals surface area contributed by atoms with E-state index in [1.165, 1.54) is 12.1 Å². The molecule has 1 aliphatic rings. The summed E-state index contributed by atoms with van der Waals surface area (Å²) in [6.07, 6.45) is 0. The predicted molar refractivity (Wildman–Crippen MR) is 56.9 cm³/mol. The highest BCUT2D eigenvalue weighted by molar-refractivity contribution is 6.32. The van der Waals surface area contributed by atoms with Crippen LogP contribution in [0.5, 0.6) is 5.75 Å². The Morgan fingerprint density at radius 1 is 1.41 bits per heavy atom. The van der Waals surface area contributed by atoms with E-state index in [4.69, 9.17) is 16.3 Å². The molecule has 0 radical (unpaired) electrons. The number of halogens is 1. The predicted octanol–water partition coefficient (Wildman–Crippen LogP) is 1.40. The van der Waals surface area contributed by atoms with Gasteiger partial charge in [-0.25, -0.2) is 4.79 Å². The van der Waals surface area contributed by atoms with Crippen molar-refractivity contribution in [1.82, 2.24) is 0 Å². The number of nitro groups is 1. The molecule has 0 aliphatic carbocycles. The van der Waals surface area contributed by atoms with Gasteiger partial charge in [-0.3, -0.25) is 14.9 Å². The molecule has 6 nitrogen and oxygen atoms in total. The third-order valence-electron chi connectivity index (χ3n) is 2.42. The van der Waals surface area contributed by atoms with Gasteiger partial charge in [-0.1, -0.05) is 11.6 Å². The standard InChI is InChI=1S/C10H6ClNO5/c1-4-2-7-5(3-6(4)11)9(13)8(12(15)16)10(14)17-7/h2-3,8H,1H3/t8-/m0/s1. The van der Waals surface area contributed by atoms with Gasteiger partial charge in [0.05, 0.1) is 5.56 Å². The molecular weight excluding hydrogens is 250 g/mol. The molecule has 0 bridgehead atoms. The topological polar surface area (TPSA) is 86.5 Å². The second-order valence-electron chi connectivity index (χ2n) is 3.57. The van der Waals surface area contributed by atoms with Crippen molar-refractivity contribution in [3.63, 3.8) is 0 Å². The van der Waals surface area contributed by atoms with Gasteiger partial charge >= 0.3 is 12.0 Å². The molecule has 0 saturated carbocycles. The fourth-order valence-electron chi connectivity index (χ4n) is 1.53. The van der Waals surface area contributed by atoms with Crippen molar-refractivity contribution >= 4 is 23.4 Å². The number of ether oxygens (including phenoxy) is 1. The van der Waals surface area contributed by atoms with Crippen molar-refractivity contribution in [1.29, 1.82) is 0 Å². The van der Waals surface area contributed by atoms with Crippen molar-refractivity contribution in [2.45, 2.75) is 13.0 Å². The largest absolute Gasteiger partial charge is 0.420 e. The van der Waals surface area contributed by atoms with E-state index in [0.29, 0.717) is 5.56 Å². The van der Waals surface area contributed by atoms with Gasteiger partial charge in [-0.15, -0.1) is 0 Å². The van der Waals surface area contributed by atoms with Gasteiger partial charge in [0.25, 0.3) is 5.78 Å². The van der Waals surface area contributed by atoms with E-state index in [2.05, 4.69) is 0 Å². The van der Waals surface area contributed by atoms with Crippen molar-refractivity contribution in [3.05, 3.63) is 38.4 Å². The Balaban J connectivity index is 2.58. The minimum Gasteiger partial charge on any atom is -0.420 e. The third-order valence-corrected chi connectivity index (χ3v) is 2.83. The summed E-state index contributed by atoms with van der Waals surface area (Å²) in [5.41, 5.74) is 0.576. The first kappa shape index (κ1) is 11.5. The second-order valence-corrected chi connectivity index (χ2v) is 3.98. The number of carbonyl (C=O) groups excluding carboxylic acids is 2. The number of aryl methyl sites for hydroxylation is 1. The maximum atomic E-state index is 11.7. The summed E-state index contributed by atoms with van der Waals surface area (Å²) in [5, 5.41) is 10.9. The number of esters is 1. The molecule has 0 unspecified atom stereocenters. The van der Waals surface area contributed by atoms with E-state index >= 15 is 0 Å². The lowest BCUT2D eigenvalue weighted by Gasteiger charge is -2.17. The number of fused-ring (bicyclic) bond motifs is 1. The van der Waals surface area contributed by atoms with Crippen LogP contribution in [0.1, 0.15) is 15.9 Å².